The molecule has 0 aromatic carbocycles. The molecule has 2 fully saturated rings. The minimum atomic E-state index is -0.412. The van der Waals surface area contributed by atoms with Gasteiger partial charge in [-0.2, -0.15) is 0 Å². The van der Waals surface area contributed by atoms with Gasteiger partial charge in [0.05, 0.1) is 0 Å². The Bertz CT molecular complexity index is 568. The van der Waals surface area contributed by atoms with Crippen LogP contribution >= 0.6 is 0 Å². The number of hydrogen-bond donors (Lipinski definition) is 1. The van der Waals surface area contributed by atoms with Crippen molar-refractivity contribution in [2.45, 2.75) is 65.1 Å². The molecule has 7 heteroatoms. The van der Waals surface area contributed by atoms with Crippen molar-refractivity contribution in [1.82, 2.24) is 20.0 Å². The highest BCUT2D eigenvalue weighted by molar-refractivity contribution is 6.03. The minimum Gasteiger partial charge on any atom is -0.342 e. The predicted molar refractivity (Wildman–Crippen MR) is 102 cm³/mol. The molecule has 7 nitrogen and oxygen atoms in total. The Hall–Kier alpha value is -1.79. The Kier molecular flexibility index (Phi) is 5.73. The zero-order chi connectivity index (χ0) is 18.8. The molecule has 3 aliphatic rings. The number of rotatable bonds is 5. The number of carbonyl (C=O) groups excluding carboxylic acids is 2. The van der Waals surface area contributed by atoms with E-state index >= 15 is 0 Å². The summed E-state index contributed by atoms with van der Waals surface area (Å²) >= 11 is 0. The first-order valence-corrected chi connectivity index (χ1v) is 10.1. The molecule has 0 saturated carbocycles. The summed E-state index contributed by atoms with van der Waals surface area (Å²) in [6.07, 6.45) is 5.40. The van der Waals surface area contributed by atoms with E-state index in [9.17, 15) is 9.59 Å². The van der Waals surface area contributed by atoms with E-state index in [2.05, 4.69) is 35.9 Å². The molecule has 146 valence electrons. The van der Waals surface area contributed by atoms with E-state index in [-0.39, 0.29) is 11.9 Å². The first kappa shape index (κ1) is 19.0. The van der Waals surface area contributed by atoms with Gasteiger partial charge in [-0.05, 0) is 24.7 Å². The van der Waals surface area contributed by atoms with Crippen molar-refractivity contribution < 1.29 is 9.59 Å². The number of nitrogens with one attached hydrogen (secondary N) is 1. The van der Waals surface area contributed by atoms with Crippen molar-refractivity contribution in [1.29, 1.82) is 0 Å². The van der Waals surface area contributed by atoms with E-state index in [4.69, 9.17) is 4.99 Å². The van der Waals surface area contributed by atoms with E-state index in [0.717, 1.165) is 38.4 Å². The van der Waals surface area contributed by atoms with Crippen LogP contribution in [-0.2, 0) is 4.79 Å². The lowest BCUT2D eigenvalue weighted by Gasteiger charge is -2.41. The van der Waals surface area contributed by atoms with Crippen LogP contribution in [0.15, 0.2) is 4.99 Å². The number of aliphatic imine (C=N–C) groups is 1. The van der Waals surface area contributed by atoms with Crippen molar-refractivity contribution in [3.05, 3.63) is 0 Å². The van der Waals surface area contributed by atoms with Gasteiger partial charge >= 0.3 is 6.03 Å². The molecule has 26 heavy (non-hydrogen) atoms. The second-order valence-electron chi connectivity index (χ2n) is 8.30. The van der Waals surface area contributed by atoms with Crippen molar-refractivity contribution in [3.8, 4) is 0 Å². The average Bonchev–Trinajstić information content (AvgIpc) is 2.96. The van der Waals surface area contributed by atoms with Gasteiger partial charge in [0, 0.05) is 26.7 Å². The molecule has 3 amide bonds. The van der Waals surface area contributed by atoms with E-state index in [1.54, 1.807) is 11.9 Å². The molecule has 3 aliphatic heterocycles. The van der Waals surface area contributed by atoms with Crippen LogP contribution in [-0.4, -0.2) is 71.5 Å². The van der Waals surface area contributed by atoms with E-state index < -0.39 is 12.2 Å². The highest BCUT2D eigenvalue weighted by Gasteiger charge is 2.49. The Balaban J connectivity index is 1.83. The minimum absolute atomic E-state index is 0.217. The van der Waals surface area contributed by atoms with E-state index in [1.807, 2.05) is 0 Å². The monoisotopic (exact) mass is 363 g/mol. The highest BCUT2D eigenvalue weighted by Crippen LogP contribution is 2.29. The number of amides is 3. The summed E-state index contributed by atoms with van der Waals surface area (Å²) in [5.41, 5.74) is 0. The lowest BCUT2D eigenvalue weighted by atomic mass is 9.92. The maximum atomic E-state index is 12.6. The SMILES string of the molecule is CCCCCCN1C(N2CC(C)CC(C)C2)=NC2C1C(=O)NC(=O)N2C. The number of carbonyl (C=O) groups is 2. The summed E-state index contributed by atoms with van der Waals surface area (Å²) in [6.45, 7) is 9.50. The third-order valence-electron chi connectivity index (χ3n) is 5.74. The van der Waals surface area contributed by atoms with Gasteiger partial charge in [-0.15, -0.1) is 0 Å². The lowest BCUT2D eigenvalue weighted by molar-refractivity contribution is -0.127. The number of fused-ring (bicyclic) bond motifs is 1. The van der Waals surface area contributed by atoms with Gasteiger partial charge in [0.15, 0.2) is 18.2 Å². The molecule has 4 atom stereocenters. The second-order valence-corrected chi connectivity index (χ2v) is 8.30. The number of hydrogen-bond acceptors (Lipinski definition) is 5. The second kappa shape index (κ2) is 7.84. The van der Waals surface area contributed by atoms with Gasteiger partial charge < -0.3 is 14.7 Å². The number of unbranched alkanes of at least 4 members (excludes halogenated alkanes) is 3. The van der Waals surface area contributed by atoms with Crippen molar-refractivity contribution in [3.63, 3.8) is 0 Å². The zero-order valence-electron chi connectivity index (χ0n) is 16.6. The largest absolute Gasteiger partial charge is 0.342 e. The molecule has 0 aromatic heterocycles. The van der Waals surface area contributed by atoms with E-state index in [0.29, 0.717) is 11.8 Å². The summed E-state index contributed by atoms with van der Waals surface area (Å²) in [4.78, 5) is 35.6. The quantitative estimate of drug-likeness (QED) is 0.760. The molecule has 1 N–H and O–H groups in total. The van der Waals surface area contributed by atoms with Crippen LogP contribution in [0.25, 0.3) is 0 Å². The molecule has 3 heterocycles. The number of urea groups is 1. The van der Waals surface area contributed by atoms with Gasteiger partial charge in [-0.25, -0.2) is 9.79 Å². The van der Waals surface area contributed by atoms with Crippen LogP contribution in [0.4, 0.5) is 4.79 Å². The molecule has 0 bridgehead atoms. The first-order chi connectivity index (χ1) is 12.4. The van der Waals surface area contributed by atoms with Gasteiger partial charge in [0.1, 0.15) is 0 Å². The molecule has 0 aromatic rings. The normalized spacial score (nSPS) is 31.8. The molecule has 3 rings (SSSR count). The average molecular weight is 364 g/mol. The fraction of sp³-hybridized carbons (Fsp3) is 0.842. The number of guanidine groups is 1. The standard InChI is InChI=1S/C19H33N5O2/c1-5-6-7-8-9-24-15-16(22(4)19(26)21-17(15)25)20-18(24)23-11-13(2)10-14(3)12-23/h13-16H,5-12H2,1-4H3,(H,21,25,26). The summed E-state index contributed by atoms with van der Waals surface area (Å²) in [7, 11) is 1.72. The Morgan fingerprint density at radius 2 is 1.81 bits per heavy atom. The smallest absolute Gasteiger partial charge is 0.325 e. The van der Waals surface area contributed by atoms with Crippen LogP contribution in [0.1, 0.15) is 52.9 Å². The van der Waals surface area contributed by atoms with Crippen LogP contribution in [0.5, 0.6) is 0 Å². The third-order valence-corrected chi connectivity index (χ3v) is 5.74. The molecule has 4 unspecified atom stereocenters. The molecule has 0 radical (unpaired) electrons. The fourth-order valence-corrected chi connectivity index (χ4v) is 4.55. The molecular formula is C19H33N5O2. The number of likely N-dealkylation sites (N-methyl/N-ethyl adjacent to an activating group) is 1. The van der Waals surface area contributed by atoms with Gasteiger partial charge in [-0.1, -0.05) is 40.0 Å². The summed E-state index contributed by atoms with van der Waals surface area (Å²) < 4.78 is 0. The maximum absolute atomic E-state index is 12.6. The molecule has 0 spiro atoms. The molecule has 2 saturated heterocycles. The topological polar surface area (TPSA) is 68.2 Å². The summed E-state index contributed by atoms with van der Waals surface area (Å²) in [6, 6.07) is -0.755. The summed E-state index contributed by atoms with van der Waals surface area (Å²) in [5.74, 6) is 1.91. The van der Waals surface area contributed by atoms with Crippen LogP contribution in [0, 0.1) is 11.8 Å². The maximum Gasteiger partial charge on any atom is 0.325 e. The van der Waals surface area contributed by atoms with Crippen molar-refractivity contribution >= 4 is 17.9 Å². The molecule has 0 aliphatic carbocycles. The fourth-order valence-electron chi connectivity index (χ4n) is 4.55. The van der Waals surface area contributed by atoms with Gasteiger partial charge in [0.25, 0.3) is 5.91 Å². The number of imide groups is 1. The van der Waals surface area contributed by atoms with Gasteiger partial charge in [-0.3, -0.25) is 10.1 Å². The van der Waals surface area contributed by atoms with Crippen LogP contribution < -0.4 is 5.32 Å². The van der Waals surface area contributed by atoms with Crippen molar-refractivity contribution in [2.75, 3.05) is 26.7 Å². The first-order valence-electron chi connectivity index (χ1n) is 10.1. The molecular weight excluding hydrogens is 330 g/mol. The van der Waals surface area contributed by atoms with E-state index in [1.165, 1.54) is 19.3 Å². The Morgan fingerprint density at radius 3 is 2.46 bits per heavy atom. The number of nitrogens with zero attached hydrogens (tertiary/aromatic N) is 4. The van der Waals surface area contributed by atoms with Gasteiger partial charge in [0.2, 0.25) is 0 Å². The predicted octanol–water partition coefficient (Wildman–Crippen LogP) is 2.09. The zero-order valence-corrected chi connectivity index (χ0v) is 16.6. The highest BCUT2D eigenvalue weighted by atomic mass is 16.2. The number of likely N-dealkylation sites (tertiary alicyclic amines) is 1. The van der Waals surface area contributed by atoms with Crippen LogP contribution in [0.2, 0.25) is 0 Å². The summed E-state index contributed by atoms with van der Waals surface area (Å²) in [5, 5.41) is 2.49. The third kappa shape index (κ3) is 3.67. The Labute approximate surface area is 156 Å². The van der Waals surface area contributed by atoms with Crippen LogP contribution in [0.3, 0.4) is 0 Å². The number of piperidine rings is 1. The lowest BCUT2D eigenvalue weighted by Crippen LogP contribution is -2.64. The van der Waals surface area contributed by atoms with Crippen molar-refractivity contribution in [2.24, 2.45) is 16.8 Å². The Morgan fingerprint density at radius 1 is 1.12 bits per heavy atom.